The van der Waals surface area contributed by atoms with Gasteiger partial charge in [0.1, 0.15) is 11.3 Å². The Hall–Kier alpha value is -3.60. The number of nitrogens with zero attached hydrogens (tertiary/aromatic N) is 1. The first-order chi connectivity index (χ1) is 14.0. The molecule has 3 aromatic carbocycles. The average molecular weight is 386 g/mol. The van der Waals surface area contributed by atoms with Crippen LogP contribution in [0.15, 0.2) is 65.1 Å². The molecule has 0 fully saturated rings. The first-order valence-electron chi connectivity index (χ1n) is 9.45. The van der Waals surface area contributed by atoms with Gasteiger partial charge in [0, 0.05) is 11.3 Å². The number of aryl methyl sites for hydroxylation is 3. The molecule has 0 aliphatic heterocycles. The fraction of sp³-hybridized carbons (Fsp3) is 0.167. The molecular weight excluding hydrogens is 364 g/mol. The van der Waals surface area contributed by atoms with E-state index in [0.717, 1.165) is 16.7 Å². The van der Waals surface area contributed by atoms with Crippen molar-refractivity contribution in [2.75, 3.05) is 11.9 Å². The number of carbonyl (C=O) groups excluding carboxylic acids is 1. The van der Waals surface area contributed by atoms with Crippen LogP contribution in [-0.2, 0) is 4.79 Å². The van der Waals surface area contributed by atoms with Crippen LogP contribution in [0.4, 0.5) is 5.69 Å². The summed E-state index contributed by atoms with van der Waals surface area (Å²) in [6.07, 6.45) is 0. The predicted molar refractivity (Wildman–Crippen MR) is 114 cm³/mol. The number of anilines is 1. The van der Waals surface area contributed by atoms with Crippen molar-refractivity contribution in [1.82, 2.24) is 4.98 Å². The number of hydrogen-bond donors (Lipinski definition) is 1. The summed E-state index contributed by atoms with van der Waals surface area (Å²) < 4.78 is 11.4. The van der Waals surface area contributed by atoms with E-state index in [2.05, 4.69) is 23.3 Å². The van der Waals surface area contributed by atoms with Crippen molar-refractivity contribution in [3.63, 3.8) is 0 Å². The van der Waals surface area contributed by atoms with Gasteiger partial charge >= 0.3 is 0 Å². The summed E-state index contributed by atoms with van der Waals surface area (Å²) >= 11 is 0. The van der Waals surface area contributed by atoms with E-state index in [1.165, 1.54) is 5.56 Å². The summed E-state index contributed by atoms with van der Waals surface area (Å²) in [7, 11) is 0. The third kappa shape index (κ3) is 4.29. The molecule has 1 amide bonds. The Morgan fingerprint density at radius 1 is 0.966 bits per heavy atom. The van der Waals surface area contributed by atoms with E-state index in [0.29, 0.717) is 28.4 Å². The van der Waals surface area contributed by atoms with Gasteiger partial charge in [-0.25, -0.2) is 4.98 Å². The van der Waals surface area contributed by atoms with Crippen molar-refractivity contribution in [3.05, 3.63) is 77.4 Å². The Kier molecular flexibility index (Phi) is 5.04. The van der Waals surface area contributed by atoms with Crippen LogP contribution in [0.25, 0.3) is 22.6 Å². The number of fused-ring (bicyclic) bond motifs is 1. The van der Waals surface area contributed by atoms with Crippen molar-refractivity contribution in [3.8, 4) is 17.2 Å². The second kappa shape index (κ2) is 7.80. The third-order valence-corrected chi connectivity index (χ3v) is 4.67. The van der Waals surface area contributed by atoms with Crippen LogP contribution in [0.2, 0.25) is 0 Å². The van der Waals surface area contributed by atoms with Gasteiger partial charge in [0.25, 0.3) is 5.91 Å². The highest BCUT2D eigenvalue weighted by Crippen LogP contribution is 2.28. The minimum absolute atomic E-state index is 0.0618. The van der Waals surface area contributed by atoms with Gasteiger partial charge in [-0.2, -0.15) is 0 Å². The highest BCUT2D eigenvalue weighted by molar-refractivity contribution is 5.94. The van der Waals surface area contributed by atoms with Gasteiger partial charge in [0.2, 0.25) is 5.89 Å². The Bertz CT molecular complexity index is 1180. The molecule has 0 bridgehead atoms. The van der Waals surface area contributed by atoms with Crippen molar-refractivity contribution >= 4 is 22.7 Å². The molecule has 1 heterocycles. The predicted octanol–water partition coefficient (Wildman–Crippen LogP) is 5.44. The fourth-order valence-corrected chi connectivity index (χ4v) is 3.15. The Morgan fingerprint density at radius 3 is 2.48 bits per heavy atom. The number of benzene rings is 3. The summed E-state index contributed by atoms with van der Waals surface area (Å²) in [5.74, 6) is 1.00. The van der Waals surface area contributed by atoms with E-state index in [1.807, 2.05) is 56.3 Å². The molecule has 0 unspecified atom stereocenters. The summed E-state index contributed by atoms with van der Waals surface area (Å²) in [6, 6.07) is 19.1. The van der Waals surface area contributed by atoms with Gasteiger partial charge in [0.15, 0.2) is 12.2 Å². The maximum atomic E-state index is 12.2. The van der Waals surface area contributed by atoms with E-state index < -0.39 is 0 Å². The quantitative estimate of drug-likeness (QED) is 0.496. The lowest BCUT2D eigenvalue weighted by atomic mass is 10.1. The Morgan fingerprint density at radius 2 is 1.72 bits per heavy atom. The van der Waals surface area contributed by atoms with E-state index >= 15 is 0 Å². The van der Waals surface area contributed by atoms with Crippen molar-refractivity contribution < 1.29 is 13.9 Å². The molecule has 0 radical (unpaired) electrons. The second-order valence-corrected chi connectivity index (χ2v) is 7.17. The zero-order chi connectivity index (χ0) is 20.4. The molecule has 1 N–H and O–H groups in total. The number of ether oxygens (including phenoxy) is 1. The molecule has 1 aromatic heterocycles. The minimum Gasteiger partial charge on any atom is -0.484 e. The van der Waals surface area contributed by atoms with Crippen LogP contribution in [0, 0.1) is 20.8 Å². The van der Waals surface area contributed by atoms with Gasteiger partial charge in [-0.1, -0.05) is 35.4 Å². The van der Waals surface area contributed by atoms with Crippen molar-refractivity contribution in [2.45, 2.75) is 20.8 Å². The molecule has 0 atom stereocenters. The lowest BCUT2D eigenvalue weighted by Crippen LogP contribution is -2.20. The molecule has 5 heteroatoms. The van der Waals surface area contributed by atoms with Crippen LogP contribution in [0.3, 0.4) is 0 Å². The second-order valence-electron chi connectivity index (χ2n) is 7.17. The standard InChI is InChI=1S/C24H22N2O3/c1-15-4-8-19(9-5-15)28-14-23(27)25-18-7-11-22-21(13-18)26-24(29-22)20-10-6-16(2)12-17(20)3/h4-13H,14H2,1-3H3,(H,25,27). The summed E-state index contributed by atoms with van der Waals surface area (Å²) in [5, 5.41) is 2.84. The molecule has 4 rings (SSSR count). The van der Waals surface area contributed by atoms with Gasteiger partial charge in [0.05, 0.1) is 0 Å². The van der Waals surface area contributed by atoms with Crippen LogP contribution in [0.5, 0.6) is 5.75 Å². The smallest absolute Gasteiger partial charge is 0.262 e. The van der Waals surface area contributed by atoms with Crippen molar-refractivity contribution in [2.24, 2.45) is 0 Å². The van der Waals surface area contributed by atoms with Crippen LogP contribution in [0.1, 0.15) is 16.7 Å². The normalized spacial score (nSPS) is 10.9. The molecule has 0 saturated heterocycles. The monoisotopic (exact) mass is 386 g/mol. The van der Waals surface area contributed by atoms with Crippen LogP contribution >= 0.6 is 0 Å². The van der Waals surface area contributed by atoms with Gasteiger partial charge in [-0.3, -0.25) is 4.79 Å². The Balaban J connectivity index is 1.47. The molecule has 0 aliphatic carbocycles. The van der Waals surface area contributed by atoms with Crippen molar-refractivity contribution in [1.29, 1.82) is 0 Å². The molecule has 4 aromatic rings. The zero-order valence-corrected chi connectivity index (χ0v) is 16.7. The first-order valence-corrected chi connectivity index (χ1v) is 9.45. The number of hydrogen-bond acceptors (Lipinski definition) is 4. The lowest BCUT2D eigenvalue weighted by molar-refractivity contribution is -0.118. The largest absolute Gasteiger partial charge is 0.484 e. The Labute approximate surface area is 169 Å². The SMILES string of the molecule is Cc1ccc(OCC(=O)Nc2ccc3oc(-c4ccc(C)cc4C)nc3c2)cc1. The molecule has 0 spiro atoms. The number of aromatic nitrogens is 1. The molecule has 5 nitrogen and oxygen atoms in total. The average Bonchev–Trinajstić information content (AvgIpc) is 3.10. The zero-order valence-electron chi connectivity index (χ0n) is 16.7. The molecule has 29 heavy (non-hydrogen) atoms. The highest BCUT2D eigenvalue weighted by atomic mass is 16.5. The molecule has 0 saturated carbocycles. The summed E-state index contributed by atoms with van der Waals surface area (Å²) in [6.45, 7) is 6.03. The highest BCUT2D eigenvalue weighted by Gasteiger charge is 2.12. The number of amides is 1. The van der Waals surface area contributed by atoms with E-state index in [9.17, 15) is 4.79 Å². The van der Waals surface area contributed by atoms with Gasteiger partial charge in [-0.15, -0.1) is 0 Å². The van der Waals surface area contributed by atoms with Crippen LogP contribution in [-0.4, -0.2) is 17.5 Å². The first kappa shape index (κ1) is 18.7. The summed E-state index contributed by atoms with van der Waals surface area (Å²) in [5.41, 5.74) is 6.42. The summed E-state index contributed by atoms with van der Waals surface area (Å²) in [4.78, 5) is 16.8. The number of nitrogens with one attached hydrogen (secondary N) is 1. The van der Waals surface area contributed by atoms with Gasteiger partial charge in [-0.05, 0) is 62.7 Å². The van der Waals surface area contributed by atoms with E-state index in [-0.39, 0.29) is 12.5 Å². The molecule has 0 aliphatic rings. The third-order valence-electron chi connectivity index (χ3n) is 4.67. The topological polar surface area (TPSA) is 64.4 Å². The van der Waals surface area contributed by atoms with E-state index in [4.69, 9.17) is 9.15 Å². The number of oxazole rings is 1. The van der Waals surface area contributed by atoms with Gasteiger partial charge < -0.3 is 14.5 Å². The van der Waals surface area contributed by atoms with Crippen LogP contribution < -0.4 is 10.1 Å². The lowest BCUT2D eigenvalue weighted by Gasteiger charge is -2.07. The number of rotatable bonds is 5. The molecular formula is C24H22N2O3. The molecule has 146 valence electrons. The maximum absolute atomic E-state index is 12.2. The van der Waals surface area contributed by atoms with E-state index in [1.54, 1.807) is 12.1 Å². The number of carbonyl (C=O) groups is 1. The maximum Gasteiger partial charge on any atom is 0.262 e. The fourth-order valence-electron chi connectivity index (χ4n) is 3.15. The minimum atomic E-state index is -0.233.